The molecule has 0 fully saturated rings. The zero-order chi connectivity index (χ0) is 26.2. The van der Waals surface area contributed by atoms with Gasteiger partial charge < -0.3 is 14.6 Å². The zero-order valence-corrected chi connectivity index (χ0v) is 22.3. The van der Waals surface area contributed by atoms with Crippen molar-refractivity contribution >= 4 is 17.2 Å². The van der Waals surface area contributed by atoms with E-state index >= 15 is 0 Å². The Kier molecular flexibility index (Phi) is 6.28. The van der Waals surface area contributed by atoms with E-state index in [0.29, 0.717) is 5.69 Å². The molecule has 0 radical (unpaired) electrons. The van der Waals surface area contributed by atoms with Crippen LogP contribution in [0.5, 0.6) is 5.75 Å². The lowest BCUT2D eigenvalue weighted by molar-refractivity contribution is 0.102. The van der Waals surface area contributed by atoms with Crippen LogP contribution in [0.4, 0.5) is 5.69 Å². The van der Waals surface area contributed by atoms with Crippen LogP contribution in [-0.4, -0.2) is 22.0 Å². The van der Waals surface area contributed by atoms with Gasteiger partial charge in [-0.3, -0.25) is 9.20 Å². The fraction of sp³-hybridized carbons (Fsp3) is 0.242. The van der Waals surface area contributed by atoms with Crippen molar-refractivity contribution in [1.82, 2.24) is 8.97 Å². The number of nitrogens with zero attached hydrogens (tertiary/aromatic N) is 2. The van der Waals surface area contributed by atoms with Crippen LogP contribution < -0.4 is 10.1 Å². The van der Waals surface area contributed by atoms with Crippen LogP contribution in [0, 0.1) is 6.92 Å². The summed E-state index contributed by atoms with van der Waals surface area (Å²) in [6.45, 7) is 5.21. The van der Waals surface area contributed by atoms with Crippen molar-refractivity contribution in [2.45, 2.75) is 46.1 Å². The molecule has 0 saturated heterocycles. The van der Waals surface area contributed by atoms with Crippen LogP contribution in [0.2, 0.25) is 0 Å². The van der Waals surface area contributed by atoms with Gasteiger partial charge in [-0.15, -0.1) is 0 Å². The molecule has 1 aliphatic heterocycles. The Morgan fingerprint density at radius 1 is 0.921 bits per heavy atom. The maximum atomic E-state index is 14.1. The van der Waals surface area contributed by atoms with Crippen LogP contribution in [0.1, 0.15) is 46.9 Å². The van der Waals surface area contributed by atoms with Crippen molar-refractivity contribution in [2.75, 3.05) is 12.4 Å². The van der Waals surface area contributed by atoms with Crippen molar-refractivity contribution in [3.05, 3.63) is 101 Å². The van der Waals surface area contributed by atoms with Gasteiger partial charge >= 0.3 is 0 Å². The third-order valence-corrected chi connectivity index (χ3v) is 7.70. The molecule has 6 rings (SSSR count). The first-order valence-corrected chi connectivity index (χ1v) is 13.5. The molecule has 0 bridgehead atoms. The van der Waals surface area contributed by atoms with Gasteiger partial charge in [-0.2, -0.15) is 0 Å². The summed E-state index contributed by atoms with van der Waals surface area (Å²) in [5.41, 5.74) is 10.8. The minimum absolute atomic E-state index is 0.112. The highest BCUT2D eigenvalue weighted by Crippen LogP contribution is 2.40. The minimum atomic E-state index is -0.112. The van der Waals surface area contributed by atoms with Gasteiger partial charge in [0, 0.05) is 29.6 Å². The molecule has 192 valence electrons. The van der Waals surface area contributed by atoms with E-state index < -0.39 is 0 Å². The summed E-state index contributed by atoms with van der Waals surface area (Å²) < 4.78 is 9.85. The number of aromatic nitrogens is 2. The first-order chi connectivity index (χ1) is 18.6. The molecule has 38 heavy (non-hydrogen) atoms. The van der Waals surface area contributed by atoms with Gasteiger partial charge in [0.2, 0.25) is 0 Å². The van der Waals surface area contributed by atoms with Crippen LogP contribution in [-0.2, 0) is 19.4 Å². The van der Waals surface area contributed by atoms with Gasteiger partial charge in [-0.05, 0) is 73.6 Å². The number of methoxy groups -OCH3 is 1. The number of imidazole rings is 1. The van der Waals surface area contributed by atoms with Crippen LogP contribution >= 0.6 is 0 Å². The number of nitrogens with one attached hydrogen (secondary N) is 1. The summed E-state index contributed by atoms with van der Waals surface area (Å²) in [4.78, 5) is 14.1. The van der Waals surface area contributed by atoms with E-state index in [2.05, 4.69) is 82.9 Å². The van der Waals surface area contributed by atoms with Crippen molar-refractivity contribution in [3.63, 3.8) is 0 Å². The maximum absolute atomic E-state index is 14.1. The van der Waals surface area contributed by atoms with E-state index in [1.54, 1.807) is 7.11 Å². The van der Waals surface area contributed by atoms with E-state index in [1.165, 1.54) is 22.3 Å². The normalized spacial score (nSPS) is 12.9. The fourth-order valence-electron chi connectivity index (χ4n) is 5.65. The molecule has 0 unspecified atom stereocenters. The zero-order valence-electron chi connectivity index (χ0n) is 22.3. The molecule has 1 N–H and O–H groups in total. The van der Waals surface area contributed by atoms with Gasteiger partial charge in [-0.25, -0.2) is 0 Å². The second kappa shape index (κ2) is 9.90. The third kappa shape index (κ3) is 4.18. The molecular formula is C33H33N3O2. The molecule has 5 nitrogen and oxygen atoms in total. The number of hydrogen-bond donors (Lipinski definition) is 1. The first-order valence-electron chi connectivity index (χ1n) is 13.5. The number of aryl methyl sites for hydroxylation is 4. The largest absolute Gasteiger partial charge is 0.497 e. The molecule has 0 saturated carbocycles. The summed E-state index contributed by atoms with van der Waals surface area (Å²) in [6.07, 6.45) is 6.29. The third-order valence-electron chi connectivity index (χ3n) is 7.70. The van der Waals surface area contributed by atoms with E-state index in [-0.39, 0.29) is 5.91 Å². The van der Waals surface area contributed by atoms with Crippen molar-refractivity contribution in [1.29, 1.82) is 0 Å². The fourth-order valence-corrected chi connectivity index (χ4v) is 5.65. The topological polar surface area (TPSA) is 47.7 Å². The van der Waals surface area contributed by atoms with E-state index in [4.69, 9.17) is 4.74 Å². The highest BCUT2D eigenvalue weighted by Gasteiger charge is 2.29. The molecule has 0 aliphatic carbocycles. The molecule has 1 aliphatic rings. The average molecular weight is 504 g/mol. The van der Waals surface area contributed by atoms with Gasteiger partial charge in [0.25, 0.3) is 5.91 Å². The summed E-state index contributed by atoms with van der Waals surface area (Å²) in [6, 6.07) is 24.9. The number of benzene rings is 3. The first kappa shape index (κ1) is 24.1. The summed E-state index contributed by atoms with van der Waals surface area (Å²) in [5, 5.41) is 3.16. The Labute approximate surface area is 223 Å². The average Bonchev–Trinajstić information content (AvgIpc) is 3.37. The lowest BCUT2D eigenvalue weighted by atomic mass is 9.96. The Morgan fingerprint density at radius 2 is 1.63 bits per heavy atom. The smallest absolute Gasteiger partial charge is 0.273 e. The molecule has 0 spiro atoms. The quantitative estimate of drug-likeness (QED) is 0.260. The predicted molar refractivity (Wildman–Crippen MR) is 154 cm³/mol. The van der Waals surface area contributed by atoms with Gasteiger partial charge in [0.15, 0.2) is 0 Å². The second-order valence-electron chi connectivity index (χ2n) is 10.1. The van der Waals surface area contributed by atoms with Crippen LogP contribution in [0.25, 0.3) is 28.0 Å². The standard InChI is InChI=1S/C33H33N3O2/c1-4-23-10-14-25(15-11-23)30-28-7-5-6-20-35-29(24-12-8-22(2)9-13-24)21-36(33(28)35)31(30)32(37)34-26-16-18-27(38-3)19-17-26/h8-19,21H,4-7,20H2,1-3H3,(H,34,37). The maximum Gasteiger partial charge on any atom is 0.273 e. The molecule has 5 aromatic rings. The monoisotopic (exact) mass is 503 g/mol. The van der Waals surface area contributed by atoms with Gasteiger partial charge in [-0.1, -0.05) is 61.0 Å². The SMILES string of the molecule is CCc1ccc(-c2c3c4n(c(-c5ccc(C)cc5)cn4c2C(=O)Nc2ccc(OC)cc2)CCCC3)cc1. The Hall–Kier alpha value is -4.25. The summed E-state index contributed by atoms with van der Waals surface area (Å²) >= 11 is 0. The molecular weight excluding hydrogens is 470 g/mol. The number of amides is 1. The molecule has 3 aromatic carbocycles. The minimum Gasteiger partial charge on any atom is -0.497 e. The number of hydrogen-bond acceptors (Lipinski definition) is 2. The lowest BCUT2D eigenvalue weighted by Crippen LogP contribution is -2.15. The van der Waals surface area contributed by atoms with Crippen LogP contribution in [0.15, 0.2) is 79.0 Å². The van der Waals surface area contributed by atoms with Gasteiger partial charge in [0.1, 0.15) is 17.1 Å². The van der Waals surface area contributed by atoms with E-state index in [0.717, 1.165) is 66.1 Å². The molecule has 5 heteroatoms. The lowest BCUT2D eigenvalue weighted by Gasteiger charge is -2.11. The van der Waals surface area contributed by atoms with E-state index in [1.807, 2.05) is 24.3 Å². The Balaban J connectivity index is 1.56. The van der Waals surface area contributed by atoms with Crippen LogP contribution in [0.3, 0.4) is 0 Å². The number of anilines is 1. The Bertz CT molecular complexity index is 1600. The van der Waals surface area contributed by atoms with Crippen molar-refractivity contribution in [3.8, 4) is 28.1 Å². The number of ether oxygens (including phenoxy) is 1. The Morgan fingerprint density at radius 3 is 2.32 bits per heavy atom. The predicted octanol–water partition coefficient (Wildman–Crippen LogP) is 7.54. The number of carbonyl (C=O) groups excluding carboxylic acids is 1. The molecule has 2 aromatic heterocycles. The van der Waals surface area contributed by atoms with Crippen molar-refractivity contribution in [2.24, 2.45) is 0 Å². The highest BCUT2D eigenvalue weighted by atomic mass is 16.5. The van der Waals surface area contributed by atoms with Gasteiger partial charge in [0.05, 0.1) is 12.8 Å². The second-order valence-corrected chi connectivity index (χ2v) is 10.1. The number of carbonyl (C=O) groups is 1. The molecule has 3 heterocycles. The number of rotatable bonds is 6. The highest BCUT2D eigenvalue weighted by molar-refractivity contribution is 6.10. The molecule has 1 amide bonds. The summed E-state index contributed by atoms with van der Waals surface area (Å²) in [5.74, 6) is 0.646. The summed E-state index contributed by atoms with van der Waals surface area (Å²) in [7, 11) is 1.64. The van der Waals surface area contributed by atoms with Crippen molar-refractivity contribution < 1.29 is 9.53 Å². The molecule has 0 atom stereocenters. The van der Waals surface area contributed by atoms with E-state index in [9.17, 15) is 4.79 Å².